The third-order valence-electron chi connectivity index (χ3n) is 4.27. The highest BCUT2D eigenvalue weighted by atomic mass is 16.5. The van der Waals surface area contributed by atoms with Crippen LogP contribution in [0.4, 0.5) is 0 Å². The van der Waals surface area contributed by atoms with Crippen LogP contribution in [0.3, 0.4) is 0 Å². The van der Waals surface area contributed by atoms with E-state index in [4.69, 9.17) is 18.7 Å². The number of fused-ring (bicyclic) bond motifs is 1. The number of pyridine rings is 1. The van der Waals surface area contributed by atoms with E-state index in [1.165, 1.54) is 0 Å². The van der Waals surface area contributed by atoms with Crippen LogP contribution in [0.15, 0.2) is 53.1 Å². The molecule has 0 bridgehead atoms. The number of benzene rings is 2. The van der Waals surface area contributed by atoms with Gasteiger partial charge in [-0.3, -0.25) is 0 Å². The summed E-state index contributed by atoms with van der Waals surface area (Å²) < 4.78 is 21.9. The average molecular weight is 377 g/mol. The molecule has 4 rings (SSSR count). The number of para-hydroxylation sites is 1. The van der Waals surface area contributed by atoms with E-state index in [0.717, 1.165) is 22.2 Å². The number of hydrogen-bond acceptors (Lipinski definition) is 7. The summed E-state index contributed by atoms with van der Waals surface area (Å²) in [6.07, 6.45) is 0. The standard InChI is InChI=1S/C21H19N3O4/c1-4-27-20-16(12-13-11-14(25-2)9-10-17(13)22-20)19-23-21(28-24-19)15-7-5-6-8-18(15)26-3/h5-12H,4H2,1-3H3. The highest BCUT2D eigenvalue weighted by Gasteiger charge is 2.19. The van der Waals surface area contributed by atoms with Crippen molar-refractivity contribution in [1.82, 2.24) is 15.1 Å². The number of nitrogens with zero attached hydrogens (tertiary/aromatic N) is 3. The van der Waals surface area contributed by atoms with Crippen LogP contribution in [0, 0.1) is 0 Å². The molecule has 4 aromatic rings. The van der Waals surface area contributed by atoms with Gasteiger partial charge in [0.1, 0.15) is 11.5 Å². The minimum absolute atomic E-state index is 0.362. The first-order valence-electron chi connectivity index (χ1n) is 8.82. The van der Waals surface area contributed by atoms with Crippen molar-refractivity contribution >= 4 is 10.9 Å². The first kappa shape index (κ1) is 17.8. The fourth-order valence-electron chi connectivity index (χ4n) is 2.93. The van der Waals surface area contributed by atoms with Gasteiger partial charge in [0.05, 0.1) is 37.5 Å². The predicted molar refractivity (Wildman–Crippen MR) is 105 cm³/mol. The maximum Gasteiger partial charge on any atom is 0.262 e. The lowest BCUT2D eigenvalue weighted by atomic mass is 10.1. The van der Waals surface area contributed by atoms with E-state index < -0.39 is 0 Å². The lowest BCUT2D eigenvalue weighted by Crippen LogP contribution is -1.98. The molecule has 0 N–H and O–H groups in total. The molecule has 7 heteroatoms. The Morgan fingerprint density at radius 3 is 2.57 bits per heavy atom. The van der Waals surface area contributed by atoms with Gasteiger partial charge >= 0.3 is 0 Å². The lowest BCUT2D eigenvalue weighted by Gasteiger charge is -2.09. The van der Waals surface area contributed by atoms with Crippen molar-refractivity contribution in [2.45, 2.75) is 6.92 Å². The Morgan fingerprint density at radius 1 is 0.929 bits per heavy atom. The molecule has 2 heterocycles. The summed E-state index contributed by atoms with van der Waals surface area (Å²) in [5, 5.41) is 5.03. The van der Waals surface area contributed by atoms with Crippen molar-refractivity contribution < 1.29 is 18.7 Å². The number of methoxy groups -OCH3 is 2. The molecule has 0 aliphatic heterocycles. The van der Waals surface area contributed by atoms with Crippen LogP contribution in [0.5, 0.6) is 17.4 Å². The Bertz CT molecular complexity index is 1120. The molecule has 0 aliphatic rings. The Balaban J connectivity index is 1.83. The first-order chi connectivity index (χ1) is 13.7. The molecule has 0 spiro atoms. The van der Waals surface area contributed by atoms with Gasteiger partial charge in [-0.1, -0.05) is 17.3 Å². The van der Waals surface area contributed by atoms with Crippen molar-refractivity contribution in [1.29, 1.82) is 0 Å². The third kappa shape index (κ3) is 3.22. The van der Waals surface area contributed by atoms with E-state index in [1.807, 2.05) is 55.5 Å². The molecular weight excluding hydrogens is 358 g/mol. The van der Waals surface area contributed by atoms with E-state index in [2.05, 4.69) is 15.1 Å². The summed E-state index contributed by atoms with van der Waals surface area (Å²) in [6, 6.07) is 15.0. The monoisotopic (exact) mass is 377 g/mol. The summed E-state index contributed by atoms with van der Waals surface area (Å²) in [5.74, 6) is 2.60. The summed E-state index contributed by atoms with van der Waals surface area (Å²) in [4.78, 5) is 9.15. The minimum atomic E-state index is 0.362. The highest BCUT2D eigenvalue weighted by molar-refractivity contribution is 5.86. The van der Waals surface area contributed by atoms with Crippen LogP contribution in [0.1, 0.15) is 6.92 Å². The van der Waals surface area contributed by atoms with Gasteiger partial charge < -0.3 is 18.7 Å². The van der Waals surface area contributed by atoms with E-state index in [9.17, 15) is 0 Å². The van der Waals surface area contributed by atoms with Gasteiger partial charge in [0.2, 0.25) is 11.7 Å². The summed E-state index contributed by atoms with van der Waals surface area (Å²) >= 11 is 0. The minimum Gasteiger partial charge on any atom is -0.497 e. The van der Waals surface area contributed by atoms with Gasteiger partial charge in [-0.15, -0.1) is 0 Å². The van der Waals surface area contributed by atoms with Crippen molar-refractivity contribution in [3.63, 3.8) is 0 Å². The zero-order valence-corrected chi connectivity index (χ0v) is 15.8. The molecule has 28 heavy (non-hydrogen) atoms. The van der Waals surface area contributed by atoms with Gasteiger partial charge in [0.25, 0.3) is 5.89 Å². The second-order valence-corrected chi connectivity index (χ2v) is 5.96. The number of hydrogen-bond donors (Lipinski definition) is 0. The molecule has 2 aromatic heterocycles. The molecule has 0 saturated heterocycles. The average Bonchev–Trinajstić information content (AvgIpc) is 3.23. The van der Waals surface area contributed by atoms with Gasteiger partial charge in [0.15, 0.2) is 0 Å². The van der Waals surface area contributed by atoms with Crippen LogP contribution >= 0.6 is 0 Å². The Hall–Kier alpha value is -3.61. The smallest absolute Gasteiger partial charge is 0.262 e. The number of rotatable bonds is 6. The molecule has 0 atom stereocenters. The van der Waals surface area contributed by atoms with Crippen molar-refractivity contribution in [3.05, 3.63) is 48.5 Å². The first-order valence-corrected chi connectivity index (χ1v) is 8.82. The molecule has 0 unspecified atom stereocenters. The van der Waals surface area contributed by atoms with Crippen molar-refractivity contribution in [2.24, 2.45) is 0 Å². The molecule has 0 radical (unpaired) electrons. The molecule has 0 amide bonds. The second-order valence-electron chi connectivity index (χ2n) is 5.96. The molecule has 0 fully saturated rings. The fraction of sp³-hybridized carbons (Fsp3) is 0.190. The summed E-state index contributed by atoms with van der Waals surface area (Å²) in [5.41, 5.74) is 2.16. The van der Waals surface area contributed by atoms with Gasteiger partial charge in [0, 0.05) is 5.39 Å². The Kier molecular flexibility index (Phi) is 4.80. The largest absolute Gasteiger partial charge is 0.497 e. The Labute approximate surface area is 161 Å². The molecule has 0 aliphatic carbocycles. The van der Waals surface area contributed by atoms with Crippen LogP contribution < -0.4 is 14.2 Å². The zero-order valence-electron chi connectivity index (χ0n) is 15.8. The van der Waals surface area contributed by atoms with Crippen LogP contribution in [0.2, 0.25) is 0 Å². The quantitative estimate of drug-likeness (QED) is 0.494. The molecule has 0 saturated carbocycles. The molecule has 142 valence electrons. The fourth-order valence-corrected chi connectivity index (χ4v) is 2.93. The number of ether oxygens (including phenoxy) is 3. The van der Waals surface area contributed by atoms with E-state index in [1.54, 1.807) is 14.2 Å². The van der Waals surface area contributed by atoms with Gasteiger partial charge in [-0.05, 0) is 43.3 Å². The maximum absolute atomic E-state index is 5.73. The Morgan fingerprint density at radius 2 is 1.79 bits per heavy atom. The number of aromatic nitrogens is 3. The third-order valence-corrected chi connectivity index (χ3v) is 4.27. The molecular formula is C21H19N3O4. The van der Waals surface area contributed by atoms with Gasteiger partial charge in [-0.2, -0.15) is 4.98 Å². The van der Waals surface area contributed by atoms with Crippen LogP contribution in [-0.4, -0.2) is 36.0 Å². The predicted octanol–water partition coefficient (Wildman–Crippen LogP) is 4.37. The highest BCUT2D eigenvalue weighted by Crippen LogP contribution is 2.34. The van der Waals surface area contributed by atoms with E-state index >= 15 is 0 Å². The molecule has 7 nitrogen and oxygen atoms in total. The van der Waals surface area contributed by atoms with E-state index in [0.29, 0.717) is 35.5 Å². The normalized spacial score (nSPS) is 10.8. The molecule has 2 aromatic carbocycles. The second kappa shape index (κ2) is 7.56. The van der Waals surface area contributed by atoms with E-state index in [-0.39, 0.29) is 0 Å². The summed E-state index contributed by atoms with van der Waals surface area (Å²) in [7, 11) is 3.23. The van der Waals surface area contributed by atoms with Crippen LogP contribution in [-0.2, 0) is 0 Å². The SMILES string of the molecule is CCOc1nc2ccc(OC)cc2cc1-c1noc(-c2ccccc2OC)n1. The van der Waals surface area contributed by atoms with Crippen LogP contribution in [0.25, 0.3) is 33.7 Å². The van der Waals surface area contributed by atoms with Crippen molar-refractivity contribution in [3.8, 4) is 40.2 Å². The van der Waals surface area contributed by atoms with Crippen molar-refractivity contribution in [2.75, 3.05) is 20.8 Å². The lowest BCUT2D eigenvalue weighted by molar-refractivity contribution is 0.329. The topological polar surface area (TPSA) is 79.5 Å². The van der Waals surface area contributed by atoms with Gasteiger partial charge in [-0.25, -0.2) is 4.98 Å². The maximum atomic E-state index is 5.73. The summed E-state index contributed by atoms with van der Waals surface area (Å²) in [6.45, 7) is 2.37. The zero-order chi connectivity index (χ0) is 19.5.